The molecule has 174 valence electrons. The molecule has 1 aliphatic rings. The molecule has 0 saturated carbocycles. The molecule has 33 heavy (non-hydrogen) atoms. The van der Waals surface area contributed by atoms with Gasteiger partial charge in [0.15, 0.2) is 0 Å². The average Bonchev–Trinajstić information content (AvgIpc) is 2.80. The summed E-state index contributed by atoms with van der Waals surface area (Å²) in [5, 5.41) is 3.22. The molecule has 1 saturated heterocycles. The number of likely N-dealkylation sites (N-methyl/N-ethyl adjacent to an activating group) is 1. The number of aromatic nitrogens is 1. The van der Waals surface area contributed by atoms with Crippen molar-refractivity contribution in [2.75, 3.05) is 30.4 Å². The van der Waals surface area contributed by atoms with E-state index in [0.29, 0.717) is 17.1 Å². The molecule has 1 aliphatic heterocycles. The van der Waals surface area contributed by atoms with Crippen LogP contribution in [0.25, 0.3) is 0 Å². The fourth-order valence-corrected chi connectivity index (χ4v) is 3.88. The SMILES string of the molecule is C=C(C)/C(=C\N=C(C)Nc1ccc(N2CCC(C)CC2)cn1)N(C)C(=O)c1ccccc1C. The van der Waals surface area contributed by atoms with Crippen LogP contribution in [0.2, 0.25) is 0 Å². The van der Waals surface area contributed by atoms with Crippen LogP contribution in [0.5, 0.6) is 0 Å². The number of amides is 1. The molecule has 1 amide bonds. The fraction of sp³-hybridized carbons (Fsp3) is 0.370. The van der Waals surface area contributed by atoms with Crippen LogP contribution in [0, 0.1) is 12.8 Å². The molecule has 0 bridgehead atoms. The van der Waals surface area contributed by atoms with Crippen molar-refractivity contribution in [3.05, 3.63) is 77.8 Å². The predicted molar refractivity (Wildman–Crippen MR) is 138 cm³/mol. The molecule has 1 aromatic carbocycles. The number of carbonyl (C=O) groups excluding carboxylic acids is 1. The summed E-state index contributed by atoms with van der Waals surface area (Å²) in [6.45, 7) is 14.2. The molecule has 1 fully saturated rings. The predicted octanol–water partition coefficient (Wildman–Crippen LogP) is 5.65. The van der Waals surface area contributed by atoms with Crippen LogP contribution < -0.4 is 10.2 Å². The van der Waals surface area contributed by atoms with E-state index in [1.165, 1.54) is 12.8 Å². The number of allylic oxidation sites excluding steroid dienone is 1. The Bertz CT molecular complexity index is 1050. The number of nitrogens with zero attached hydrogens (tertiary/aromatic N) is 4. The van der Waals surface area contributed by atoms with Gasteiger partial charge in [-0.05, 0) is 68.9 Å². The molecule has 6 heteroatoms. The second-order valence-corrected chi connectivity index (χ2v) is 8.88. The maximum Gasteiger partial charge on any atom is 0.258 e. The van der Waals surface area contributed by atoms with Crippen LogP contribution in [0.3, 0.4) is 0 Å². The molecule has 0 atom stereocenters. The second-order valence-electron chi connectivity index (χ2n) is 8.88. The zero-order valence-corrected chi connectivity index (χ0v) is 20.4. The number of rotatable bonds is 6. The maximum absolute atomic E-state index is 13.0. The molecule has 3 rings (SSSR count). The minimum absolute atomic E-state index is 0.0903. The minimum atomic E-state index is -0.0903. The molecular weight excluding hydrogens is 410 g/mol. The van der Waals surface area contributed by atoms with Crippen LogP contribution >= 0.6 is 0 Å². The van der Waals surface area contributed by atoms with Crippen LogP contribution in [-0.2, 0) is 0 Å². The van der Waals surface area contributed by atoms with Gasteiger partial charge in [-0.2, -0.15) is 0 Å². The van der Waals surface area contributed by atoms with E-state index >= 15 is 0 Å². The number of nitrogens with one attached hydrogen (secondary N) is 1. The van der Waals surface area contributed by atoms with Gasteiger partial charge in [0, 0.05) is 25.7 Å². The lowest BCUT2D eigenvalue weighted by atomic mass is 9.99. The summed E-state index contributed by atoms with van der Waals surface area (Å²) >= 11 is 0. The van der Waals surface area contributed by atoms with Gasteiger partial charge in [0.05, 0.1) is 23.8 Å². The van der Waals surface area contributed by atoms with Crippen molar-refractivity contribution < 1.29 is 4.79 Å². The number of hydrogen-bond donors (Lipinski definition) is 1. The monoisotopic (exact) mass is 445 g/mol. The van der Waals surface area contributed by atoms with Gasteiger partial charge < -0.3 is 15.1 Å². The van der Waals surface area contributed by atoms with Crippen molar-refractivity contribution in [3.63, 3.8) is 0 Å². The summed E-state index contributed by atoms with van der Waals surface area (Å²) < 4.78 is 0. The van der Waals surface area contributed by atoms with E-state index in [4.69, 9.17) is 0 Å². The van der Waals surface area contributed by atoms with Crippen LogP contribution in [0.4, 0.5) is 11.5 Å². The Morgan fingerprint density at radius 1 is 1.21 bits per heavy atom. The molecule has 6 nitrogen and oxygen atoms in total. The lowest BCUT2D eigenvalue weighted by molar-refractivity contribution is 0.0838. The van der Waals surface area contributed by atoms with Crippen molar-refractivity contribution in [3.8, 4) is 0 Å². The number of aliphatic imine (C=N–C) groups is 1. The molecule has 2 aromatic rings. The molecule has 0 spiro atoms. The smallest absolute Gasteiger partial charge is 0.258 e. The topological polar surface area (TPSA) is 60.8 Å². The summed E-state index contributed by atoms with van der Waals surface area (Å²) in [5.74, 6) is 2.13. The highest BCUT2D eigenvalue weighted by Crippen LogP contribution is 2.23. The highest BCUT2D eigenvalue weighted by molar-refractivity contribution is 5.97. The van der Waals surface area contributed by atoms with Crippen LogP contribution in [0.15, 0.2) is 71.6 Å². The van der Waals surface area contributed by atoms with Crippen molar-refractivity contribution >= 4 is 23.2 Å². The largest absolute Gasteiger partial charge is 0.370 e. The third kappa shape index (κ3) is 6.31. The Kier molecular flexibility index (Phi) is 8.04. The lowest BCUT2D eigenvalue weighted by Gasteiger charge is -2.31. The van der Waals surface area contributed by atoms with E-state index < -0.39 is 0 Å². The van der Waals surface area contributed by atoms with E-state index in [2.05, 4.69) is 39.8 Å². The van der Waals surface area contributed by atoms with Crippen molar-refractivity contribution in [1.29, 1.82) is 0 Å². The summed E-state index contributed by atoms with van der Waals surface area (Å²) in [6.07, 6.45) is 6.04. The molecule has 1 N–H and O–H groups in total. The van der Waals surface area contributed by atoms with Gasteiger partial charge in [0.25, 0.3) is 5.91 Å². The van der Waals surface area contributed by atoms with E-state index in [9.17, 15) is 4.79 Å². The lowest BCUT2D eigenvalue weighted by Crippen LogP contribution is -2.32. The number of amidine groups is 1. The number of pyridine rings is 1. The third-order valence-electron chi connectivity index (χ3n) is 6.06. The van der Waals surface area contributed by atoms with Gasteiger partial charge in [-0.25, -0.2) is 9.98 Å². The van der Waals surface area contributed by atoms with Crippen molar-refractivity contribution in [2.24, 2.45) is 10.9 Å². The Hall–Kier alpha value is -3.41. The first kappa shape index (κ1) is 24.2. The van der Waals surface area contributed by atoms with Crippen LogP contribution in [-0.4, -0.2) is 41.8 Å². The van der Waals surface area contributed by atoms with Gasteiger partial charge in [-0.15, -0.1) is 0 Å². The molecule has 2 heterocycles. The van der Waals surface area contributed by atoms with E-state index in [-0.39, 0.29) is 5.91 Å². The molecule has 0 radical (unpaired) electrons. The highest BCUT2D eigenvalue weighted by Gasteiger charge is 2.18. The Morgan fingerprint density at radius 3 is 2.52 bits per heavy atom. The normalized spacial score (nSPS) is 15.4. The summed E-state index contributed by atoms with van der Waals surface area (Å²) in [6, 6.07) is 11.6. The first-order chi connectivity index (χ1) is 15.8. The number of carbonyl (C=O) groups is 1. The fourth-order valence-electron chi connectivity index (χ4n) is 3.88. The summed E-state index contributed by atoms with van der Waals surface area (Å²) in [7, 11) is 1.75. The summed E-state index contributed by atoms with van der Waals surface area (Å²) in [5.41, 5.74) is 4.17. The average molecular weight is 446 g/mol. The number of piperidine rings is 1. The summed E-state index contributed by atoms with van der Waals surface area (Å²) in [4.78, 5) is 26.0. The van der Waals surface area contributed by atoms with Gasteiger partial charge in [0.1, 0.15) is 11.7 Å². The number of hydrogen-bond acceptors (Lipinski definition) is 4. The molecule has 0 unspecified atom stereocenters. The maximum atomic E-state index is 13.0. The standard InChI is InChI=1S/C27H35N5O/c1-19(2)25(31(6)27(33)24-10-8-7-9-21(24)4)18-28-22(5)30-26-12-11-23(17-29-26)32-15-13-20(3)14-16-32/h7-12,17-18,20H,1,13-16H2,2-6H3,(H,28,29,30)/b25-18+. The van der Waals surface area contributed by atoms with Gasteiger partial charge in [-0.1, -0.05) is 31.7 Å². The van der Waals surface area contributed by atoms with E-state index in [0.717, 1.165) is 41.6 Å². The second kappa shape index (κ2) is 10.9. The molecular formula is C27H35N5O. The van der Waals surface area contributed by atoms with Crippen LogP contribution in [0.1, 0.15) is 49.5 Å². The Morgan fingerprint density at radius 2 is 1.91 bits per heavy atom. The first-order valence-electron chi connectivity index (χ1n) is 11.5. The highest BCUT2D eigenvalue weighted by atomic mass is 16.2. The number of benzene rings is 1. The first-order valence-corrected chi connectivity index (χ1v) is 11.5. The zero-order valence-electron chi connectivity index (χ0n) is 20.4. The quantitative estimate of drug-likeness (QED) is 0.355. The third-order valence-corrected chi connectivity index (χ3v) is 6.06. The zero-order chi connectivity index (χ0) is 24.0. The minimum Gasteiger partial charge on any atom is -0.370 e. The van der Waals surface area contributed by atoms with Gasteiger partial charge >= 0.3 is 0 Å². The Balaban J connectivity index is 1.69. The van der Waals surface area contributed by atoms with Crippen molar-refractivity contribution in [2.45, 2.75) is 40.5 Å². The number of aryl methyl sites for hydroxylation is 1. The van der Waals surface area contributed by atoms with Gasteiger partial charge in [-0.3, -0.25) is 4.79 Å². The molecule has 1 aromatic heterocycles. The van der Waals surface area contributed by atoms with Gasteiger partial charge in [0.2, 0.25) is 0 Å². The Labute approximate surface area is 197 Å². The molecule has 0 aliphatic carbocycles. The van der Waals surface area contributed by atoms with Crippen molar-refractivity contribution in [1.82, 2.24) is 9.88 Å². The van der Waals surface area contributed by atoms with E-state index in [1.54, 1.807) is 18.1 Å². The van der Waals surface area contributed by atoms with E-state index in [1.807, 2.05) is 57.3 Å². The number of anilines is 2.